The first-order valence-electron chi connectivity index (χ1n) is 12.9. The summed E-state index contributed by atoms with van der Waals surface area (Å²) >= 11 is 6.11. The molecule has 2 heterocycles. The van der Waals surface area contributed by atoms with Crippen molar-refractivity contribution < 1.29 is 14.6 Å². The zero-order valence-electron chi connectivity index (χ0n) is 22.3. The van der Waals surface area contributed by atoms with E-state index in [0.717, 1.165) is 50.4 Å². The van der Waals surface area contributed by atoms with Gasteiger partial charge in [-0.3, -0.25) is 4.79 Å². The molecule has 2 aromatic heterocycles. The van der Waals surface area contributed by atoms with Gasteiger partial charge in [0.05, 0.1) is 16.8 Å². The first kappa shape index (κ1) is 26.5. The molecule has 5 nitrogen and oxygen atoms in total. The Kier molecular flexibility index (Phi) is 7.45. The minimum absolute atomic E-state index is 0.343. The molecule has 0 saturated carbocycles. The van der Waals surface area contributed by atoms with Gasteiger partial charge in [0.15, 0.2) is 0 Å². The number of nitrogens with zero attached hydrogens (tertiary/aromatic N) is 2. The molecule has 0 saturated heterocycles. The van der Waals surface area contributed by atoms with E-state index in [4.69, 9.17) is 21.3 Å². The SMILES string of the molecule is Cc1c(CC(C)(C)C(=O)O)n(Cc2ccc(Cl)cc2)c2ccc(OCc3cccc(-c4ccccc4)n3)cc12. The molecule has 0 aliphatic heterocycles. The lowest BCUT2D eigenvalue weighted by molar-refractivity contribution is -0.146. The Labute approximate surface area is 233 Å². The minimum atomic E-state index is -0.911. The van der Waals surface area contributed by atoms with Crippen LogP contribution in [0.15, 0.2) is 91.0 Å². The summed E-state index contributed by atoms with van der Waals surface area (Å²) < 4.78 is 8.40. The van der Waals surface area contributed by atoms with Crippen LogP contribution in [0, 0.1) is 12.3 Å². The van der Waals surface area contributed by atoms with Gasteiger partial charge in [0.2, 0.25) is 0 Å². The number of carboxylic acids is 1. The Morgan fingerprint density at radius 2 is 1.72 bits per heavy atom. The second-order valence-corrected chi connectivity index (χ2v) is 10.9. The lowest BCUT2D eigenvalue weighted by Crippen LogP contribution is -2.27. The molecule has 198 valence electrons. The van der Waals surface area contributed by atoms with Crippen molar-refractivity contribution in [3.63, 3.8) is 0 Å². The van der Waals surface area contributed by atoms with Gasteiger partial charge < -0.3 is 14.4 Å². The number of fused-ring (bicyclic) bond motifs is 1. The van der Waals surface area contributed by atoms with Crippen molar-refractivity contribution in [3.8, 4) is 17.0 Å². The van der Waals surface area contributed by atoms with Crippen molar-refractivity contribution >= 4 is 28.5 Å². The van der Waals surface area contributed by atoms with Gasteiger partial charge in [-0.2, -0.15) is 0 Å². The Hall–Kier alpha value is -4.09. The van der Waals surface area contributed by atoms with Crippen LogP contribution in [0.3, 0.4) is 0 Å². The zero-order chi connectivity index (χ0) is 27.6. The Morgan fingerprint density at radius 3 is 2.44 bits per heavy atom. The number of aliphatic carboxylic acids is 1. The number of pyridine rings is 1. The summed E-state index contributed by atoms with van der Waals surface area (Å²) in [7, 11) is 0. The Bertz CT molecular complexity index is 1620. The fourth-order valence-electron chi connectivity index (χ4n) is 4.81. The van der Waals surface area contributed by atoms with Crippen molar-refractivity contribution in [2.24, 2.45) is 5.41 Å². The van der Waals surface area contributed by atoms with E-state index in [2.05, 4.69) is 17.6 Å². The summed E-state index contributed by atoms with van der Waals surface area (Å²) in [6.45, 7) is 6.55. The molecular formula is C33H31ClN2O3. The number of aromatic nitrogens is 2. The average Bonchev–Trinajstić information content (AvgIpc) is 3.18. The second-order valence-electron chi connectivity index (χ2n) is 10.5. The molecule has 0 amide bonds. The normalized spacial score (nSPS) is 11.6. The molecule has 1 N–H and O–H groups in total. The van der Waals surface area contributed by atoms with E-state index in [1.54, 1.807) is 13.8 Å². The number of carboxylic acid groups (broad SMARTS) is 1. The lowest BCUT2D eigenvalue weighted by Gasteiger charge is -2.21. The molecule has 0 bridgehead atoms. The van der Waals surface area contributed by atoms with Crippen LogP contribution in [0.2, 0.25) is 5.02 Å². The third-order valence-electron chi connectivity index (χ3n) is 7.13. The smallest absolute Gasteiger partial charge is 0.309 e. The van der Waals surface area contributed by atoms with Gasteiger partial charge in [0, 0.05) is 40.1 Å². The number of carbonyl (C=O) groups is 1. The fraction of sp³-hybridized carbons (Fsp3) is 0.212. The van der Waals surface area contributed by atoms with E-state index in [9.17, 15) is 9.90 Å². The maximum Gasteiger partial charge on any atom is 0.309 e. The molecule has 6 heteroatoms. The molecular weight excluding hydrogens is 508 g/mol. The van der Waals surface area contributed by atoms with Crippen molar-refractivity contribution in [1.29, 1.82) is 0 Å². The van der Waals surface area contributed by atoms with Crippen LogP contribution < -0.4 is 4.74 Å². The van der Waals surface area contributed by atoms with Gasteiger partial charge in [-0.15, -0.1) is 0 Å². The van der Waals surface area contributed by atoms with Gasteiger partial charge in [-0.1, -0.05) is 60.1 Å². The number of benzene rings is 3. The Morgan fingerprint density at radius 1 is 0.974 bits per heavy atom. The van der Waals surface area contributed by atoms with E-state index in [1.165, 1.54) is 0 Å². The molecule has 5 rings (SSSR count). The number of aryl methyl sites for hydroxylation is 1. The molecule has 5 aromatic rings. The molecule has 3 aromatic carbocycles. The fourth-order valence-corrected chi connectivity index (χ4v) is 4.93. The number of rotatable bonds is 9. The van der Waals surface area contributed by atoms with Gasteiger partial charge in [-0.25, -0.2) is 4.98 Å². The summed E-state index contributed by atoms with van der Waals surface area (Å²) in [5, 5.41) is 11.6. The number of hydrogen-bond donors (Lipinski definition) is 1. The van der Waals surface area contributed by atoms with Crippen LogP contribution in [0.25, 0.3) is 22.2 Å². The van der Waals surface area contributed by atoms with Gasteiger partial charge in [-0.05, 0) is 74.4 Å². The van der Waals surface area contributed by atoms with Crippen LogP contribution in [0.5, 0.6) is 5.75 Å². The van der Waals surface area contributed by atoms with E-state index in [0.29, 0.717) is 24.6 Å². The van der Waals surface area contributed by atoms with Gasteiger partial charge in [0.25, 0.3) is 0 Å². The maximum absolute atomic E-state index is 12.0. The topological polar surface area (TPSA) is 64.3 Å². The van der Waals surface area contributed by atoms with Crippen molar-refractivity contribution in [2.45, 2.75) is 40.3 Å². The minimum Gasteiger partial charge on any atom is -0.487 e. The van der Waals surface area contributed by atoms with E-state index >= 15 is 0 Å². The highest BCUT2D eigenvalue weighted by atomic mass is 35.5. The highest BCUT2D eigenvalue weighted by Crippen LogP contribution is 2.34. The van der Waals surface area contributed by atoms with Crippen LogP contribution in [0.4, 0.5) is 0 Å². The average molecular weight is 539 g/mol. The number of halogens is 1. The van der Waals surface area contributed by atoms with Crippen LogP contribution in [0.1, 0.15) is 36.4 Å². The lowest BCUT2D eigenvalue weighted by atomic mass is 9.87. The number of hydrogen-bond acceptors (Lipinski definition) is 3. The molecule has 0 fully saturated rings. The van der Waals surface area contributed by atoms with Crippen molar-refractivity contribution in [2.75, 3.05) is 0 Å². The summed E-state index contributed by atoms with van der Waals surface area (Å²) in [5.74, 6) is -0.0790. The first-order valence-corrected chi connectivity index (χ1v) is 13.3. The predicted octanol–water partition coefficient (Wildman–Crippen LogP) is 7.95. The highest BCUT2D eigenvalue weighted by Gasteiger charge is 2.30. The van der Waals surface area contributed by atoms with E-state index in [-0.39, 0.29) is 0 Å². The standard InChI is InChI=1S/C33H31ClN2O3/c1-22-28-18-27(39-21-26-10-7-11-29(35-26)24-8-5-4-6-9-24)16-17-30(28)36(20-23-12-14-25(34)15-13-23)31(22)19-33(2,3)32(37)38/h4-18H,19-21H2,1-3H3,(H,37,38). The first-order chi connectivity index (χ1) is 18.7. The van der Waals surface area contributed by atoms with Crippen molar-refractivity contribution in [1.82, 2.24) is 9.55 Å². The monoisotopic (exact) mass is 538 g/mol. The summed E-state index contributed by atoms with van der Waals surface area (Å²) in [6.07, 6.45) is 0.406. The summed E-state index contributed by atoms with van der Waals surface area (Å²) in [6, 6.07) is 29.9. The molecule has 39 heavy (non-hydrogen) atoms. The predicted molar refractivity (Wildman–Crippen MR) is 156 cm³/mol. The quantitative estimate of drug-likeness (QED) is 0.207. The Balaban J connectivity index is 1.46. The van der Waals surface area contributed by atoms with Gasteiger partial charge >= 0.3 is 5.97 Å². The van der Waals surface area contributed by atoms with Crippen LogP contribution in [-0.2, 0) is 24.4 Å². The largest absolute Gasteiger partial charge is 0.487 e. The highest BCUT2D eigenvalue weighted by molar-refractivity contribution is 6.30. The zero-order valence-corrected chi connectivity index (χ0v) is 23.1. The van der Waals surface area contributed by atoms with Crippen LogP contribution >= 0.6 is 11.6 Å². The van der Waals surface area contributed by atoms with Gasteiger partial charge in [0.1, 0.15) is 12.4 Å². The summed E-state index contributed by atoms with van der Waals surface area (Å²) in [4.78, 5) is 16.8. The maximum atomic E-state index is 12.0. The molecule has 0 aliphatic carbocycles. The molecule has 0 radical (unpaired) electrons. The molecule has 0 unspecified atom stereocenters. The van der Waals surface area contributed by atoms with E-state index in [1.807, 2.05) is 84.9 Å². The third-order valence-corrected chi connectivity index (χ3v) is 7.38. The summed E-state index contributed by atoms with van der Waals surface area (Å²) in [5.41, 5.74) is 6.10. The van der Waals surface area contributed by atoms with E-state index < -0.39 is 11.4 Å². The second kappa shape index (κ2) is 11.0. The third kappa shape index (κ3) is 5.84. The molecule has 0 atom stereocenters. The van der Waals surface area contributed by atoms with Crippen LogP contribution in [-0.4, -0.2) is 20.6 Å². The number of ether oxygens (including phenoxy) is 1. The van der Waals surface area contributed by atoms with Crippen molar-refractivity contribution in [3.05, 3.63) is 119 Å². The molecule has 0 spiro atoms. The molecule has 0 aliphatic rings.